The van der Waals surface area contributed by atoms with Crippen LogP contribution in [0.25, 0.3) is 11.1 Å². The number of rotatable bonds is 7. The van der Waals surface area contributed by atoms with Crippen molar-refractivity contribution in [3.8, 4) is 22.6 Å². The number of hydrogen-bond acceptors (Lipinski definition) is 3. The molecule has 0 saturated heterocycles. The summed E-state index contributed by atoms with van der Waals surface area (Å²) in [4.78, 5) is 11.8. The van der Waals surface area contributed by atoms with Crippen LogP contribution in [0.15, 0.2) is 48.5 Å². The zero-order valence-electron chi connectivity index (χ0n) is 14.9. The molecule has 128 valence electrons. The Morgan fingerprint density at radius 3 is 1.79 bits per heavy atom. The normalized spacial score (nSPS) is 13.2. The molecule has 2 aromatic carbocycles. The van der Waals surface area contributed by atoms with Gasteiger partial charge in [0.25, 0.3) is 0 Å². The van der Waals surface area contributed by atoms with Crippen LogP contribution in [0.3, 0.4) is 0 Å². The summed E-state index contributed by atoms with van der Waals surface area (Å²) in [6, 6.07) is 15.6. The van der Waals surface area contributed by atoms with E-state index in [0.717, 1.165) is 29.7 Å². The van der Waals surface area contributed by atoms with E-state index in [9.17, 15) is 4.79 Å². The highest BCUT2D eigenvalue weighted by atomic mass is 16.5. The predicted molar refractivity (Wildman–Crippen MR) is 97.3 cm³/mol. The van der Waals surface area contributed by atoms with Gasteiger partial charge in [0.2, 0.25) is 0 Å². The number of esters is 1. The maximum absolute atomic E-state index is 11.8. The van der Waals surface area contributed by atoms with E-state index in [1.807, 2.05) is 62.4 Å². The van der Waals surface area contributed by atoms with Gasteiger partial charge in [0.15, 0.2) is 0 Å². The monoisotopic (exact) mass is 326 g/mol. The van der Waals surface area contributed by atoms with Gasteiger partial charge in [-0.1, -0.05) is 45.0 Å². The first-order chi connectivity index (χ1) is 11.5. The average molecular weight is 326 g/mol. The third-order valence-electron chi connectivity index (χ3n) is 4.19. The van der Waals surface area contributed by atoms with Gasteiger partial charge in [0.1, 0.15) is 11.5 Å². The molecule has 0 bridgehead atoms. The number of hydrogen-bond donors (Lipinski definition) is 0. The molecule has 0 N–H and O–H groups in total. The fourth-order valence-electron chi connectivity index (χ4n) is 2.14. The zero-order chi connectivity index (χ0) is 17.5. The van der Waals surface area contributed by atoms with E-state index in [-0.39, 0.29) is 18.0 Å². The quantitative estimate of drug-likeness (QED) is 0.499. The molecular weight excluding hydrogens is 300 g/mol. The Labute approximate surface area is 144 Å². The van der Waals surface area contributed by atoms with Crippen molar-refractivity contribution >= 4 is 5.97 Å². The summed E-state index contributed by atoms with van der Waals surface area (Å²) in [5.41, 5.74) is 2.18. The van der Waals surface area contributed by atoms with Crippen LogP contribution in [-0.4, -0.2) is 12.1 Å². The lowest BCUT2D eigenvalue weighted by Crippen LogP contribution is -2.16. The molecule has 0 spiro atoms. The van der Waals surface area contributed by atoms with Crippen LogP contribution in [-0.2, 0) is 4.79 Å². The molecule has 0 heterocycles. The standard InChI is InChI=1S/C21H26O3/c1-5-15(3)21(22)24-20-13-9-18(10-14-20)17-7-11-19(12-8-17)23-16(4)6-2/h7-16H,5-6H2,1-4H3. The third-order valence-corrected chi connectivity index (χ3v) is 4.19. The van der Waals surface area contributed by atoms with Crippen LogP contribution in [0.2, 0.25) is 0 Å². The Morgan fingerprint density at radius 1 is 0.833 bits per heavy atom. The number of carbonyl (C=O) groups excluding carboxylic acids is 1. The highest BCUT2D eigenvalue weighted by molar-refractivity contribution is 5.75. The Balaban J connectivity index is 2.04. The molecule has 0 aliphatic carbocycles. The van der Waals surface area contributed by atoms with E-state index in [2.05, 4.69) is 13.8 Å². The van der Waals surface area contributed by atoms with Gasteiger partial charge in [-0.05, 0) is 55.2 Å². The van der Waals surface area contributed by atoms with Gasteiger partial charge < -0.3 is 9.47 Å². The smallest absolute Gasteiger partial charge is 0.314 e. The minimum atomic E-state index is -0.184. The molecule has 0 aliphatic rings. The predicted octanol–water partition coefficient (Wildman–Crippen LogP) is 5.48. The van der Waals surface area contributed by atoms with Crippen molar-refractivity contribution in [2.24, 2.45) is 5.92 Å². The van der Waals surface area contributed by atoms with Gasteiger partial charge in [-0.15, -0.1) is 0 Å². The van der Waals surface area contributed by atoms with Crippen LogP contribution in [0, 0.1) is 5.92 Å². The molecule has 2 atom stereocenters. The van der Waals surface area contributed by atoms with Crippen molar-refractivity contribution in [3.05, 3.63) is 48.5 Å². The molecule has 0 aromatic heterocycles. The number of carbonyl (C=O) groups is 1. The third kappa shape index (κ3) is 4.85. The second kappa shape index (κ2) is 8.53. The molecule has 2 aromatic rings. The molecule has 0 radical (unpaired) electrons. The second-order valence-electron chi connectivity index (χ2n) is 6.12. The van der Waals surface area contributed by atoms with Crippen molar-refractivity contribution in [1.29, 1.82) is 0 Å². The zero-order valence-corrected chi connectivity index (χ0v) is 14.9. The van der Waals surface area contributed by atoms with Crippen molar-refractivity contribution in [2.75, 3.05) is 0 Å². The summed E-state index contributed by atoms with van der Waals surface area (Å²) in [6.45, 7) is 8.02. The summed E-state index contributed by atoms with van der Waals surface area (Å²) in [5.74, 6) is 1.20. The van der Waals surface area contributed by atoms with Gasteiger partial charge >= 0.3 is 5.97 Å². The van der Waals surface area contributed by atoms with Gasteiger partial charge in [-0.2, -0.15) is 0 Å². The molecule has 0 fully saturated rings. The SMILES string of the molecule is CCC(C)Oc1ccc(-c2ccc(OC(=O)C(C)CC)cc2)cc1. The second-order valence-corrected chi connectivity index (χ2v) is 6.12. The van der Waals surface area contributed by atoms with Crippen LogP contribution in [0.1, 0.15) is 40.5 Å². The maximum Gasteiger partial charge on any atom is 0.314 e. The lowest BCUT2D eigenvalue weighted by atomic mass is 10.1. The van der Waals surface area contributed by atoms with E-state index in [4.69, 9.17) is 9.47 Å². The molecular formula is C21H26O3. The number of benzene rings is 2. The lowest BCUT2D eigenvalue weighted by Gasteiger charge is -2.13. The number of ether oxygens (including phenoxy) is 2. The van der Waals surface area contributed by atoms with E-state index >= 15 is 0 Å². The van der Waals surface area contributed by atoms with Crippen molar-refractivity contribution in [3.63, 3.8) is 0 Å². The van der Waals surface area contributed by atoms with Crippen LogP contribution >= 0.6 is 0 Å². The van der Waals surface area contributed by atoms with Crippen LogP contribution in [0.5, 0.6) is 11.5 Å². The highest BCUT2D eigenvalue weighted by Crippen LogP contribution is 2.25. The summed E-state index contributed by atoms with van der Waals surface area (Å²) in [7, 11) is 0. The lowest BCUT2D eigenvalue weighted by molar-refractivity contribution is -0.138. The van der Waals surface area contributed by atoms with Gasteiger partial charge in [-0.3, -0.25) is 4.79 Å². The Morgan fingerprint density at radius 2 is 1.33 bits per heavy atom. The van der Waals surface area contributed by atoms with Crippen LogP contribution in [0.4, 0.5) is 0 Å². The summed E-state index contributed by atoms with van der Waals surface area (Å²) < 4.78 is 11.2. The topological polar surface area (TPSA) is 35.5 Å². The molecule has 0 amide bonds. The van der Waals surface area contributed by atoms with Crippen molar-refractivity contribution in [2.45, 2.75) is 46.6 Å². The fraction of sp³-hybridized carbons (Fsp3) is 0.381. The Bertz CT molecular complexity index is 644. The largest absolute Gasteiger partial charge is 0.491 e. The highest BCUT2D eigenvalue weighted by Gasteiger charge is 2.13. The van der Waals surface area contributed by atoms with Gasteiger partial charge in [0.05, 0.1) is 12.0 Å². The fourth-order valence-corrected chi connectivity index (χ4v) is 2.14. The first kappa shape index (κ1) is 18.1. The summed E-state index contributed by atoms with van der Waals surface area (Å²) in [6.07, 6.45) is 1.98. The summed E-state index contributed by atoms with van der Waals surface area (Å²) >= 11 is 0. The molecule has 0 aliphatic heterocycles. The minimum absolute atomic E-state index is 0.0808. The van der Waals surface area contributed by atoms with Gasteiger partial charge in [0, 0.05) is 0 Å². The summed E-state index contributed by atoms with van der Waals surface area (Å²) in [5, 5.41) is 0. The van der Waals surface area contributed by atoms with Crippen molar-refractivity contribution in [1.82, 2.24) is 0 Å². The molecule has 24 heavy (non-hydrogen) atoms. The molecule has 2 unspecified atom stereocenters. The first-order valence-corrected chi connectivity index (χ1v) is 8.62. The molecule has 0 saturated carbocycles. The molecule has 3 nitrogen and oxygen atoms in total. The molecule has 3 heteroatoms. The van der Waals surface area contributed by atoms with E-state index in [1.165, 1.54) is 0 Å². The van der Waals surface area contributed by atoms with E-state index < -0.39 is 0 Å². The van der Waals surface area contributed by atoms with Gasteiger partial charge in [-0.25, -0.2) is 0 Å². The van der Waals surface area contributed by atoms with Crippen molar-refractivity contribution < 1.29 is 14.3 Å². The Kier molecular flexibility index (Phi) is 6.42. The molecule has 2 rings (SSSR count). The van der Waals surface area contributed by atoms with E-state index in [0.29, 0.717) is 5.75 Å². The van der Waals surface area contributed by atoms with E-state index in [1.54, 1.807) is 0 Å². The minimum Gasteiger partial charge on any atom is -0.491 e. The maximum atomic E-state index is 11.8. The first-order valence-electron chi connectivity index (χ1n) is 8.62. The average Bonchev–Trinajstić information content (AvgIpc) is 2.62. The Hall–Kier alpha value is -2.29. The van der Waals surface area contributed by atoms with Crippen LogP contribution < -0.4 is 9.47 Å².